The number of hydrogen-bond donors (Lipinski definition) is 2. The molecular weight excluding hydrogens is 488 g/mol. The summed E-state index contributed by atoms with van der Waals surface area (Å²) in [6, 6.07) is 10.8. The number of amides is 1. The molecule has 3 rings (SSSR count). The van der Waals surface area contributed by atoms with E-state index in [0.29, 0.717) is 60.1 Å². The van der Waals surface area contributed by atoms with Crippen LogP contribution in [-0.4, -0.2) is 49.2 Å². The molecule has 1 amide bonds. The van der Waals surface area contributed by atoms with Crippen molar-refractivity contribution in [3.05, 3.63) is 52.6 Å². The number of carbonyl (C=O) groups is 2. The van der Waals surface area contributed by atoms with Crippen LogP contribution in [0.1, 0.15) is 53.7 Å². The van der Waals surface area contributed by atoms with Crippen LogP contribution < -0.4 is 9.62 Å². The number of hydrogen-bond acceptors (Lipinski definition) is 8. The van der Waals surface area contributed by atoms with Gasteiger partial charge in [0.25, 0.3) is 0 Å². The van der Waals surface area contributed by atoms with Gasteiger partial charge in [-0.1, -0.05) is 44.2 Å². The second kappa shape index (κ2) is 11.6. The van der Waals surface area contributed by atoms with Crippen LogP contribution in [0.2, 0.25) is 0 Å². The summed E-state index contributed by atoms with van der Waals surface area (Å²) in [5.74, 6) is -1.37. The number of aromatic nitrogens is 1. The molecule has 0 bridgehead atoms. The summed E-state index contributed by atoms with van der Waals surface area (Å²) in [7, 11) is -3.82. The Balaban J connectivity index is 1.75. The van der Waals surface area contributed by atoms with Crippen LogP contribution in [-0.2, 0) is 27.0 Å². The number of thioether (sulfide) groups is 1. The van der Waals surface area contributed by atoms with Gasteiger partial charge in [0.05, 0.1) is 16.9 Å². The minimum absolute atomic E-state index is 0.0672. The lowest BCUT2D eigenvalue weighted by Gasteiger charge is -2.33. The minimum Gasteiger partial charge on any atom is -0.478 e. The Morgan fingerprint density at radius 2 is 1.89 bits per heavy atom. The van der Waals surface area contributed by atoms with Crippen molar-refractivity contribution in [2.24, 2.45) is 5.92 Å². The fraction of sp³-hybridized carbons (Fsp3) is 0.417. The number of sulfonamides is 1. The fourth-order valence-electron chi connectivity index (χ4n) is 4.18. The Hall–Kier alpha value is -3.10. The minimum atomic E-state index is -3.82. The van der Waals surface area contributed by atoms with Crippen LogP contribution in [0.3, 0.4) is 0 Å². The van der Waals surface area contributed by atoms with Gasteiger partial charge < -0.3 is 10.0 Å². The van der Waals surface area contributed by atoms with E-state index in [-0.39, 0.29) is 16.9 Å². The lowest BCUT2D eigenvalue weighted by atomic mass is 9.95. The van der Waals surface area contributed by atoms with Crippen molar-refractivity contribution in [2.75, 3.05) is 23.7 Å². The van der Waals surface area contributed by atoms with Crippen LogP contribution in [0.25, 0.3) is 0 Å². The van der Waals surface area contributed by atoms with Crippen LogP contribution >= 0.6 is 11.8 Å². The average molecular weight is 517 g/mol. The smallest absolute Gasteiger partial charge is 0.338 e. The second-order valence-electron chi connectivity index (χ2n) is 8.14. The van der Waals surface area contributed by atoms with E-state index in [1.54, 1.807) is 37.3 Å². The van der Waals surface area contributed by atoms with E-state index in [1.165, 1.54) is 11.8 Å². The van der Waals surface area contributed by atoms with Crippen molar-refractivity contribution >= 4 is 39.5 Å². The summed E-state index contributed by atoms with van der Waals surface area (Å²) < 4.78 is 27.1. The predicted molar refractivity (Wildman–Crippen MR) is 134 cm³/mol. The van der Waals surface area contributed by atoms with Crippen molar-refractivity contribution in [1.82, 2.24) is 9.71 Å². The van der Waals surface area contributed by atoms with E-state index in [2.05, 4.69) is 15.8 Å². The molecule has 1 aliphatic heterocycles. The van der Waals surface area contributed by atoms with Gasteiger partial charge in [-0.15, -0.1) is 11.8 Å². The van der Waals surface area contributed by atoms with Crippen molar-refractivity contribution in [2.45, 2.75) is 43.9 Å². The van der Waals surface area contributed by atoms with Crippen LogP contribution in [0.5, 0.6) is 0 Å². The summed E-state index contributed by atoms with van der Waals surface area (Å²) >= 11 is 1.31. The molecule has 0 atom stereocenters. The van der Waals surface area contributed by atoms with Crippen LogP contribution in [0.15, 0.2) is 35.4 Å². The highest BCUT2D eigenvalue weighted by Gasteiger charge is 2.31. The largest absolute Gasteiger partial charge is 0.478 e. The standard InChI is InChI=1S/C24H28N4O5S2/c1-3-18-19(14-25)21(26-23(34-4-2)20(18)24(30)31)28-12-10-17(11-13-28)22(29)27-35(32,33)15-16-8-6-5-7-9-16/h5-9,17H,3-4,10-13,15H2,1-2H3,(H,27,29)(H,30,31). The van der Waals surface area contributed by atoms with Gasteiger partial charge in [-0.3, -0.25) is 9.52 Å². The number of nitrogens with one attached hydrogen (secondary N) is 1. The van der Waals surface area contributed by atoms with Crippen molar-refractivity contribution in [3.63, 3.8) is 0 Å². The molecule has 35 heavy (non-hydrogen) atoms. The highest BCUT2D eigenvalue weighted by molar-refractivity contribution is 7.99. The number of rotatable bonds is 9. The van der Waals surface area contributed by atoms with Gasteiger partial charge in [0.1, 0.15) is 16.9 Å². The Morgan fingerprint density at radius 1 is 1.23 bits per heavy atom. The molecular formula is C24H28N4O5S2. The second-order valence-corrected chi connectivity index (χ2v) is 11.1. The monoisotopic (exact) mass is 516 g/mol. The molecule has 11 heteroatoms. The molecule has 0 saturated carbocycles. The Kier molecular flexibility index (Phi) is 8.75. The summed E-state index contributed by atoms with van der Waals surface area (Å²) in [5, 5.41) is 19.9. The molecule has 0 aliphatic carbocycles. The Bertz CT molecular complexity index is 1230. The van der Waals surface area contributed by atoms with E-state index in [1.807, 2.05) is 11.8 Å². The third-order valence-electron chi connectivity index (χ3n) is 5.83. The lowest BCUT2D eigenvalue weighted by molar-refractivity contribution is -0.123. The fourth-order valence-corrected chi connectivity index (χ4v) is 6.13. The molecule has 2 N–H and O–H groups in total. The van der Waals surface area contributed by atoms with Gasteiger partial charge in [-0.05, 0) is 36.1 Å². The first-order chi connectivity index (χ1) is 16.7. The van der Waals surface area contributed by atoms with E-state index in [4.69, 9.17) is 0 Å². The summed E-state index contributed by atoms with van der Waals surface area (Å²) in [6.07, 6.45) is 1.14. The lowest BCUT2D eigenvalue weighted by Crippen LogP contribution is -2.43. The zero-order valence-corrected chi connectivity index (χ0v) is 21.3. The SMILES string of the molecule is CCSc1nc(N2CCC(C(=O)NS(=O)(=O)Cc3ccccc3)CC2)c(C#N)c(CC)c1C(=O)O. The van der Waals surface area contributed by atoms with E-state index in [9.17, 15) is 28.4 Å². The van der Waals surface area contributed by atoms with Gasteiger partial charge >= 0.3 is 5.97 Å². The number of carbonyl (C=O) groups excluding carboxylic acids is 1. The normalized spacial score (nSPS) is 14.4. The Morgan fingerprint density at radius 3 is 2.43 bits per heavy atom. The number of anilines is 1. The third-order valence-corrected chi connectivity index (χ3v) is 7.91. The van der Waals surface area contributed by atoms with Gasteiger partial charge in [0.15, 0.2) is 0 Å². The molecule has 2 aromatic rings. The molecule has 1 aromatic heterocycles. The van der Waals surface area contributed by atoms with Crippen LogP contribution in [0, 0.1) is 17.2 Å². The predicted octanol–water partition coefficient (Wildman–Crippen LogP) is 3.19. The van der Waals surface area contributed by atoms with Crippen LogP contribution in [0.4, 0.5) is 5.82 Å². The first kappa shape index (κ1) is 26.5. The van der Waals surface area contributed by atoms with Crippen molar-refractivity contribution in [3.8, 4) is 6.07 Å². The van der Waals surface area contributed by atoms with Gasteiger partial charge in [-0.2, -0.15) is 5.26 Å². The zero-order chi connectivity index (χ0) is 25.6. The number of carboxylic acid groups (broad SMARTS) is 1. The van der Waals surface area contributed by atoms with Gasteiger partial charge in [0.2, 0.25) is 15.9 Å². The Labute approximate surface area is 209 Å². The van der Waals surface area contributed by atoms with Gasteiger partial charge in [-0.25, -0.2) is 18.2 Å². The zero-order valence-electron chi connectivity index (χ0n) is 19.7. The maximum atomic E-state index is 12.7. The van der Waals surface area contributed by atoms with E-state index in [0.717, 1.165) is 0 Å². The number of nitrogens with zero attached hydrogens (tertiary/aromatic N) is 3. The first-order valence-corrected chi connectivity index (χ1v) is 14.0. The highest BCUT2D eigenvalue weighted by atomic mass is 32.2. The number of pyridine rings is 1. The highest BCUT2D eigenvalue weighted by Crippen LogP contribution is 2.34. The molecule has 1 aromatic carbocycles. The number of carboxylic acids is 1. The summed E-state index contributed by atoms with van der Waals surface area (Å²) in [4.78, 5) is 31.0. The van der Waals surface area contributed by atoms with E-state index >= 15 is 0 Å². The van der Waals surface area contributed by atoms with Gasteiger partial charge in [0, 0.05) is 19.0 Å². The molecule has 186 valence electrons. The molecule has 2 heterocycles. The number of piperidine rings is 1. The first-order valence-electron chi connectivity index (χ1n) is 11.4. The quantitative estimate of drug-likeness (QED) is 0.481. The maximum absolute atomic E-state index is 12.7. The summed E-state index contributed by atoms with van der Waals surface area (Å²) in [5.41, 5.74) is 1.35. The molecule has 1 fully saturated rings. The third kappa shape index (κ3) is 6.32. The van der Waals surface area contributed by atoms with E-state index < -0.39 is 27.8 Å². The number of benzene rings is 1. The maximum Gasteiger partial charge on any atom is 0.338 e. The number of aromatic carboxylic acids is 1. The van der Waals surface area contributed by atoms with Crippen molar-refractivity contribution < 1.29 is 23.1 Å². The topological polar surface area (TPSA) is 140 Å². The molecule has 1 saturated heterocycles. The molecule has 1 aliphatic rings. The molecule has 0 spiro atoms. The van der Waals surface area contributed by atoms with Crippen molar-refractivity contribution in [1.29, 1.82) is 5.26 Å². The number of nitriles is 1. The molecule has 9 nitrogen and oxygen atoms in total. The summed E-state index contributed by atoms with van der Waals surface area (Å²) in [6.45, 7) is 4.49. The molecule has 0 radical (unpaired) electrons. The average Bonchev–Trinajstić information content (AvgIpc) is 2.83. The molecule has 0 unspecified atom stereocenters.